The van der Waals surface area contributed by atoms with Gasteiger partial charge in [-0.2, -0.15) is 13.2 Å². The molecule has 22 heavy (non-hydrogen) atoms. The number of hydrogen-bond donors (Lipinski definition) is 2. The molecule has 0 radical (unpaired) electrons. The average molecular weight is 324 g/mol. The van der Waals surface area contributed by atoms with E-state index in [2.05, 4.69) is 10.3 Å². The molecule has 1 rings (SSSR count). The summed E-state index contributed by atoms with van der Waals surface area (Å²) in [4.78, 5) is 18.3. The molecule has 1 amide bonds. The van der Waals surface area contributed by atoms with Gasteiger partial charge in [-0.3, -0.25) is 4.79 Å². The zero-order chi connectivity index (χ0) is 16.8. The Labute approximate surface area is 128 Å². The summed E-state index contributed by atoms with van der Waals surface area (Å²) in [7, 11) is 1.11. The second kappa shape index (κ2) is 8.21. The summed E-state index contributed by atoms with van der Waals surface area (Å²) in [6.45, 7) is 2.03. The maximum absolute atomic E-state index is 12.2. The predicted molar refractivity (Wildman–Crippen MR) is 76.5 cm³/mol. The first-order valence-corrected chi connectivity index (χ1v) is 7.25. The lowest BCUT2D eigenvalue weighted by atomic mass is 10.1. The lowest BCUT2D eigenvalue weighted by Crippen LogP contribution is -2.47. The van der Waals surface area contributed by atoms with Gasteiger partial charge in [-0.1, -0.05) is 0 Å². The first-order chi connectivity index (χ1) is 10.2. The quantitative estimate of drug-likeness (QED) is 0.581. The van der Waals surface area contributed by atoms with E-state index in [1.54, 1.807) is 0 Å². The highest BCUT2D eigenvalue weighted by Crippen LogP contribution is 2.15. The Hall–Kier alpha value is -1.51. The van der Waals surface area contributed by atoms with Gasteiger partial charge in [0.05, 0.1) is 6.10 Å². The number of aliphatic imine (C=N–C) groups is 1. The minimum Gasteiger partial charge on any atom is -0.393 e. The lowest BCUT2D eigenvalue weighted by molar-refractivity contribution is -0.157. The van der Waals surface area contributed by atoms with Gasteiger partial charge in [0.25, 0.3) is 0 Å². The molecule has 0 spiro atoms. The van der Waals surface area contributed by atoms with Crippen LogP contribution in [0.3, 0.4) is 0 Å². The summed E-state index contributed by atoms with van der Waals surface area (Å²) >= 11 is 0. The van der Waals surface area contributed by atoms with Crippen molar-refractivity contribution in [1.29, 1.82) is 0 Å². The molecule has 6 nitrogen and oxygen atoms in total. The van der Waals surface area contributed by atoms with Crippen LogP contribution < -0.4 is 5.32 Å². The van der Waals surface area contributed by atoms with Crippen molar-refractivity contribution in [3.63, 3.8) is 0 Å². The molecule has 128 valence electrons. The number of likely N-dealkylation sites (N-methyl/N-ethyl adjacent to an activating group) is 1. The fourth-order valence-corrected chi connectivity index (χ4v) is 2.12. The SMILES string of the molecule is CCNC(=NCC(=O)N(C)CC(F)(F)F)N1CCC(O)CC1. The van der Waals surface area contributed by atoms with Crippen LogP contribution in [0.2, 0.25) is 0 Å². The standard InChI is InChI=1S/C13H23F3N4O2/c1-3-17-12(20-6-4-10(21)5-7-20)18-8-11(22)19(2)9-13(14,15)16/h10,21H,3-9H2,1-2H3,(H,17,18). The Morgan fingerprint density at radius 3 is 2.50 bits per heavy atom. The number of rotatable bonds is 4. The number of guanidine groups is 1. The Morgan fingerprint density at radius 1 is 1.41 bits per heavy atom. The summed E-state index contributed by atoms with van der Waals surface area (Å²) in [6, 6.07) is 0. The van der Waals surface area contributed by atoms with Gasteiger partial charge < -0.3 is 20.2 Å². The number of amides is 1. The Bertz CT molecular complexity index is 393. The minimum absolute atomic E-state index is 0.335. The average Bonchev–Trinajstić information content (AvgIpc) is 2.42. The second-order valence-corrected chi connectivity index (χ2v) is 5.25. The highest BCUT2D eigenvalue weighted by atomic mass is 19.4. The Morgan fingerprint density at radius 2 is 2.00 bits per heavy atom. The third-order valence-corrected chi connectivity index (χ3v) is 3.31. The number of aliphatic hydroxyl groups is 1. The summed E-state index contributed by atoms with van der Waals surface area (Å²) in [5, 5.41) is 12.5. The molecular weight excluding hydrogens is 301 g/mol. The zero-order valence-electron chi connectivity index (χ0n) is 12.9. The number of carbonyl (C=O) groups excluding carboxylic acids is 1. The van der Waals surface area contributed by atoms with Crippen LogP contribution in [-0.2, 0) is 4.79 Å². The van der Waals surface area contributed by atoms with E-state index in [1.165, 1.54) is 0 Å². The smallest absolute Gasteiger partial charge is 0.393 e. The van der Waals surface area contributed by atoms with Crippen molar-refractivity contribution in [2.45, 2.75) is 32.0 Å². The number of aliphatic hydroxyl groups excluding tert-OH is 1. The minimum atomic E-state index is -4.42. The number of piperidine rings is 1. The van der Waals surface area contributed by atoms with Gasteiger partial charge in [0, 0.05) is 26.7 Å². The fraction of sp³-hybridized carbons (Fsp3) is 0.846. The highest BCUT2D eigenvalue weighted by molar-refractivity contribution is 5.85. The van der Waals surface area contributed by atoms with Crippen molar-refractivity contribution >= 4 is 11.9 Å². The molecule has 0 aromatic carbocycles. The van der Waals surface area contributed by atoms with E-state index in [1.807, 2.05) is 11.8 Å². The molecule has 1 heterocycles. The van der Waals surface area contributed by atoms with Gasteiger partial charge in [0.2, 0.25) is 5.91 Å². The number of carbonyl (C=O) groups is 1. The third-order valence-electron chi connectivity index (χ3n) is 3.31. The monoisotopic (exact) mass is 324 g/mol. The number of likely N-dealkylation sites (tertiary alicyclic amines) is 1. The topological polar surface area (TPSA) is 68.2 Å². The van der Waals surface area contributed by atoms with E-state index < -0.39 is 18.6 Å². The van der Waals surface area contributed by atoms with Crippen LogP contribution in [0, 0.1) is 0 Å². The molecule has 1 aliphatic rings. The molecule has 1 fully saturated rings. The molecule has 0 saturated carbocycles. The fourth-order valence-electron chi connectivity index (χ4n) is 2.12. The third kappa shape index (κ3) is 6.50. The number of halogens is 3. The number of hydrogen-bond acceptors (Lipinski definition) is 3. The molecule has 9 heteroatoms. The van der Waals surface area contributed by atoms with Gasteiger partial charge in [-0.15, -0.1) is 0 Å². The van der Waals surface area contributed by atoms with E-state index >= 15 is 0 Å². The normalized spacial score (nSPS) is 17.5. The molecule has 0 bridgehead atoms. The summed E-state index contributed by atoms with van der Waals surface area (Å²) in [6.07, 6.45) is -3.54. The summed E-state index contributed by atoms with van der Waals surface area (Å²) in [5.41, 5.74) is 0. The van der Waals surface area contributed by atoms with E-state index in [9.17, 15) is 23.1 Å². The van der Waals surface area contributed by atoms with Gasteiger partial charge in [-0.05, 0) is 19.8 Å². The first kappa shape index (κ1) is 18.5. The van der Waals surface area contributed by atoms with E-state index in [0.29, 0.717) is 43.3 Å². The van der Waals surface area contributed by atoms with E-state index in [-0.39, 0.29) is 12.6 Å². The van der Waals surface area contributed by atoms with Crippen molar-refractivity contribution in [2.24, 2.45) is 4.99 Å². The molecule has 0 atom stereocenters. The maximum atomic E-state index is 12.2. The summed E-state index contributed by atoms with van der Waals surface area (Å²) in [5.74, 6) is -0.201. The van der Waals surface area contributed by atoms with Crippen molar-refractivity contribution in [2.75, 3.05) is 39.8 Å². The Balaban J connectivity index is 2.59. The second-order valence-electron chi connectivity index (χ2n) is 5.25. The first-order valence-electron chi connectivity index (χ1n) is 7.25. The molecule has 0 aromatic rings. The van der Waals surface area contributed by atoms with Gasteiger partial charge >= 0.3 is 6.18 Å². The van der Waals surface area contributed by atoms with E-state index in [4.69, 9.17) is 0 Å². The molecule has 2 N–H and O–H groups in total. The highest BCUT2D eigenvalue weighted by Gasteiger charge is 2.31. The molecule has 0 aliphatic carbocycles. The molecular formula is C13H23F3N4O2. The lowest BCUT2D eigenvalue weighted by Gasteiger charge is -2.32. The molecule has 1 aliphatic heterocycles. The van der Waals surface area contributed by atoms with Crippen LogP contribution in [-0.4, -0.2) is 78.8 Å². The van der Waals surface area contributed by atoms with Crippen molar-refractivity contribution in [3.8, 4) is 0 Å². The zero-order valence-corrected chi connectivity index (χ0v) is 12.9. The van der Waals surface area contributed by atoms with E-state index in [0.717, 1.165) is 7.05 Å². The molecule has 0 unspecified atom stereocenters. The largest absolute Gasteiger partial charge is 0.406 e. The van der Waals surface area contributed by atoms with Gasteiger partial charge in [0.15, 0.2) is 5.96 Å². The van der Waals surface area contributed by atoms with Crippen LogP contribution in [0.1, 0.15) is 19.8 Å². The van der Waals surface area contributed by atoms with Crippen molar-refractivity contribution < 1.29 is 23.1 Å². The van der Waals surface area contributed by atoms with Gasteiger partial charge in [0.1, 0.15) is 13.1 Å². The van der Waals surface area contributed by atoms with Crippen molar-refractivity contribution in [3.05, 3.63) is 0 Å². The number of nitrogens with one attached hydrogen (secondary N) is 1. The van der Waals surface area contributed by atoms with Crippen molar-refractivity contribution in [1.82, 2.24) is 15.1 Å². The predicted octanol–water partition coefficient (Wildman–Crippen LogP) is 0.429. The number of alkyl halides is 3. The Kier molecular flexibility index (Phi) is 6.92. The van der Waals surface area contributed by atoms with Gasteiger partial charge in [-0.25, -0.2) is 4.99 Å². The van der Waals surface area contributed by atoms with Crippen LogP contribution >= 0.6 is 0 Å². The molecule has 1 saturated heterocycles. The number of nitrogens with zero attached hydrogens (tertiary/aromatic N) is 3. The van der Waals surface area contributed by atoms with Crippen LogP contribution in [0.5, 0.6) is 0 Å². The maximum Gasteiger partial charge on any atom is 0.406 e. The summed E-state index contributed by atoms with van der Waals surface area (Å²) < 4.78 is 36.7. The molecule has 0 aromatic heterocycles. The van der Waals surface area contributed by atoms with Crippen LogP contribution in [0.25, 0.3) is 0 Å². The van der Waals surface area contributed by atoms with Crippen LogP contribution in [0.15, 0.2) is 4.99 Å². The van der Waals surface area contributed by atoms with Crippen LogP contribution in [0.4, 0.5) is 13.2 Å².